The first kappa shape index (κ1) is 20.2. The molecule has 1 fully saturated rings. The van der Waals surface area contributed by atoms with Gasteiger partial charge in [0.2, 0.25) is 5.91 Å². The highest BCUT2D eigenvalue weighted by Gasteiger charge is 2.33. The van der Waals surface area contributed by atoms with Crippen LogP contribution in [0.2, 0.25) is 0 Å². The molecule has 3 aromatic rings. The van der Waals surface area contributed by atoms with E-state index in [0.717, 1.165) is 52.1 Å². The normalized spacial score (nSPS) is 19.1. The van der Waals surface area contributed by atoms with Crippen LogP contribution in [-0.2, 0) is 11.8 Å². The van der Waals surface area contributed by atoms with Crippen molar-refractivity contribution in [3.05, 3.63) is 48.4 Å². The quantitative estimate of drug-likeness (QED) is 0.642. The maximum atomic E-state index is 12.5. The number of allylic oxidation sites excluding steroid dienone is 1. The van der Waals surface area contributed by atoms with Crippen LogP contribution in [0.5, 0.6) is 0 Å². The molecule has 2 aromatic heterocycles. The number of anilines is 3. The number of amides is 1. The lowest BCUT2D eigenvalue weighted by Crippen LogP contribution is -2.48. The Morgan fingerprint density at radius 3 is 2.78 bits per heavy atom. The van der Waals surface area contributed by atoms with E-state index in [-0.39, 0.29) is 11.9 Å². The number of nitrogens with zero attached hydrogens (tertiary/aromatic N) is 6. The molecule has 0 bridgehead atoms. The Labute approximate surface area is 187 Å². The van der Waals surface area contributed by atoms with E-state index in [2.05, 4.69) is 27.9 Å². The molecule has 1 saturated carbocycles. The summed E-state index contributed by atoms with van der Waals surface area (Å²) in [7, 11) is 1.92. The molecule has 164 valence electrons. The van der Waals surface area contributed by atoms with Gasteiger partial charge in [-0.1, -0.05) is 6.07 Å². The van der Waals surface area contributed by atoms with Crippen molar-refractivity contribution in [2.75, 3.05) is 16.3 Å². The van der Waals surface area contributed by atoms with E-state index < -0.39 is 0 Å². The Hall–Kier alpha value is -3.68. The van der Waals surface area contributed by atoms with E-state index in [1.807, 2.05) is 47.2 Å². The highest BCUT2D eigenvalue weighted by molar-refractivity contribution is 6.11. The van der Waals surface area contributed by atoms with Crippen LogP contribution >= 0.6 is 0 Å². The number of nitrogens with two attached hydrogens (primary N) is 1. The van der Waals surface area contributed by atoms with Crippen molar-refractivity contribution in [2.24, 2.45) is 17.8 Å². The summed E-state index contributed by atoms with van der Waals surface area (Å²) in [6, 6.07) is 8.47. The maximum absolute atomic E-state index is 12.5. The number of aryl methyl sites for hydroxylation is 1. The molecule has 32 heavy (non-hydrogen) atoms. The predicted octanol–water partition coefficient (Wildman–Crippen LogP) is 3.39. The van der Waals surface area contributed by atoms with Gasteiger partial charge in [0.15, 0.2) is 5.82 Å². The molecule has 1 aliphatic carbocycles. The molecule has 1 aliphatic heterocycles. The highest BCUT2D eigenvalue weighted by Crippen LogP contribution is 2.42. The molecule has 0 spiro atoms. The second-order valence-electron chi connectivity index (χ2n) is 8.52. The molecule has 8 nitrogen and oxygen atoms in total. The second kappa shape index (κ2) is 7.78. The van der Waals surface area contributed by atoms with Crippen molar-refractivity contribution < 1.29 is 4.79 Å². The summed E-state index contributed by atoms with van der Waals surface area (Å²) in [5.74, 6) is 0.870. The molecule has 1 aromatic carbocycles. The molecular weight excluding hydrogens is 402 g/mol. The summed E-state index contributed by atoms with van der Waals surface area (Å²) in [5, 5.41) is 5.83. The minimum Gasteiger partial charge on any atom is -0.404 e. The largest absolute Gasteiger partial charge is 0.404 e. The number of carbonyl (C=O) groups excluding carboxylic acids is 1. The van der Waals surface area contributed by atoms with Crippen molar-refractivity contribution in [1.29, 1.82) is 0 Å². The lowest BCUT2D eigenvalue weighted by molar-refractivity contribution is -0.117. The van der Waals surface area contributed by atoms with Crippen LogP contribution in [-0.4, -0.2) is 45.5 Å². The summed E-state index contributed by atoms with van der Waals surface area (Å²) in [6.45, 7) is 4.30. The zero-order chi connectivity index (χ0) is 22.4. The number of fused-ring (bicyclic) bond motifs is 2. The third-order valence-electron chi connectivity index (χ3n) is 6.13. The van der Waals surface area contributed by atoms with Gasteiger partial charge in [-0.25, -0.2) is 0 Å². The summed E-state index contributed by atoms with van der Waals surface area (Å²) in [4.78, 5) is 25.4. The van der Waals surface area contributed by atoms with Gasteiger partial charge in [-0.3, -0.25) is 19.5 Å². The Morgan fingerprint density at radius 2 is 2.06 bits per heavy atom. The van der Waals surface area contributed by atoms with Gasteiger partial charge in [-0.15, -0.1) is 0 Å². The average Bonchev–Trinajstić information content (AvgIpc) is 3.55. The fourth-order valence-electron chi connectivity index (χ4n) is 4.39. The minimum atomic E-state index is -0.00862. The molecule has 2 aliphatic rings. The molecule has 0 saturated heterocycles. The van der Waals surface area contributed by atoms with Crippen molar-refractivity contribution in [3.8, 4) is 0 Å². The maximum Gasteiger partial charge on any atom is 0.224 e. The van der Waals surface area contributed by atoms with E-state index in [1.165, 1.54) is 0 Å². The lowest BCUT2D eigenvalue weighted by Gasteiger charge is -2.41. The standard InChI is InChI=1S/C24H27N7O/c1-15-14-30(24-20-8-9-26-13-23(20)29(3)28-24)22-10-17(4-7-21(22)31(15)16(2)32)18(11-25)12-27-19-5-6-19/h4,7-13,15,19H,5-6,14,25H2,1-3H3/t15-/m0/s1. The average molecular weight is 430 g/mol. The third kappa shape index (κ3) is 3.41. The monoisotopic (exact) mass is 429 g/mol. The highest BCUT2D eigenvalue weighted by atomic mass is 16.2. The number of hydrogen-bond acceptors (Lipinski definition) is 6. The second-order valence-corrected chi connectivity index (χ2v) is 8.52. The van der Waals surface area contributed by atoms with Crippen LogP contribution in [0.4, 0.5) is 17.2 Å². The number of aromatic nitrogens is 3. The number of hydrogen-bond donors (Lipinski definition) is 1. The van der Waals surface area contributed by atoms with Crippen molar-refractivity contribution >= 4 is 45.8 Å². The van der Waals surface area contributed by atoms with Crippen LogP contribution in [0.25, 0.3) is 16.5 Å². The smallest absolute Gasteiger partial charge is 0.224 e. The zero-order valence-electron chi connectivity index (χ0n) is 18.6. The predicted molar refractivity (Wildman–Crippen MR) is 128 cm³/mol. The first-order valence-electron chi connectivity index (χ1n) is 10.9. The number of rotatable bonds is 4. The molecule has 0 radical (unpaired) electrons. The zero-order valence-corrected chi connectivity index (χ0v) is 18.6. The van der Waals surface area contributed by atoms with E-state index in [0.29, 0.717) is 12.6 Å². The summed E-state index contributed by atoms with van der Waals surface area (Å²) in [5.41, 5.74) is 10.5. The van der Waals surface area contributed by atoms with Crippen LogP contribution in [0.15, 0.2) is 47.9 Å². The fourth-order valence-corrected chi connectivity index (χ4v) is 4.39. The Balaban J connectivity index is 1.66. The van der Waals surface area contributed by atoms with E-state index in [4.69, 9.17) is 10.8 Å². The van der Waals surface area contributed by atoms with Crippen molar-refractivity contribution in [3.63, 3.8) is 0 Å². The number of pyridine rings is 1. The molecule has 3 heterocycles. The Morgan fingerprint density at radius 1 is 1.25 bits per heavy atom. The number of benzene rings is 1. The minimum absolute atomic E-state index is 0.00862. The molecule has 1 atom stereocenters. The Bertz CT molecular complexity index is 1250. The van der Waals surface area contributed by atoms with Gasteiger partial charge < -0.3 is 15.5 Å². The van der Waals surface area contributed by atoms with Gasteiger partial charge in [0.1, 0.15) is 0 Å². The van der Waals surface area contributed by atoms with Crippen LogP contribution < -0.4 is 15.5 Å². The number of carbonyl (C=O) groups is 1. The van der Waals surface area contributed by atoms with E-state index in [9.17, 15) is 4.79 Å². The summed E-state index contributed by atoms with van der Waals surface area (Å²) < 4.78 is 1.84. The molecular formula is C24H27N7O. The molecule has 1 amide bonds. The molecule has 2 N–H and O–H groups in total. The van der Waals surface area contributed by atoms with Gasteiger partial charge in [-0.2, -0.15) is 5.10 Å². The lowest BCUT2D eigenvalue weighted by atomic mass is 10.0. The van der Waals surface area contributed by atoms with E-state index >= 15 is 0 Å². The molecule has 0 unspecified atom stereocenters. The third-order valence-corrected chi connectivity index (χ3v) is 6.13. The van der Waals surface area contributed by atoms with E-state index in [1.54, 1.807) is 19.3 Å². The van der Waals surface area contributed by atoms with Gasteiger partial charge in [0.05, 0.1) is 35.2 Å². The molecule has 8 heteroatoms. The molecule has 5 rings (SSSR count). The first-order valence-corrected chi connectivity index (χ1v) is 10.9. The number of aliphatic imine (C=N–C) groups is 1. The van der Waals surface area contributed by atoms with Gasteiger partial charge >= 0.3 is 0 Å². The summed E-state index contributed by atoms with van der Waals surface area (Å²) >= 11 is 0. The fraction of sp³-hybridized carbons (Fsp3) is 0.333. The topological polar surface area (TPSA) is 92.6 Å². The van der Waals surface area contributed by atoms with Gasteiger partial charge in [-0.05, 0) is 43.5 Å². The van der Waals surface area contributed by atoms with Crippen LogP contribution in [0, 0.1) is 0 Å². The SMILES string of the molecule is CC(=O)N1c2ccc(C(C=NC3CC3)=CN)cc2N(c2nn(C)c3cnccc23)C[C@@H]1C. The van der Waals surface area contributed by atoms with Crippen molar-refractivity contribution in [2.45, 2.75) is 38.8 Å². The van der Waals surface area contributed by atoms with Crippen LogP contribution in [0.1, 0.15) is 32.3 Å². The summed E-state index contributed by atoms with van der Waals surface area (Å²) in [6.07, 6.45) is 9.33. The first-order chi connectivity index (χ1) is 15.5. The van der Waals surface area contributed by atoms with Crippen molar-refractivity contribution in [1.82, 2.24) is 14.8 Å². The van der Waals surface area contributed by atoms with Crippen LogP contribution in [0.3, 0.4) is 0 Å². The van der Waals surface area contributed by atoms with Gasteiger partial charge in [0.25, 0.3) is 0 Å². The Kier molecular flexibility index (Phi) is 4.92. The van der Waals surface area contributed by atoms with Gasteiger partial charge in [0, 0.05) is 50.1 Å².